The molecule has 0 radical (unpaired) electrons. The Morgan fingerprint density at radius 1 is 0.647 bits per heavy atom. The van der Waals surface area contributed by atoms with Gasteiger partial charge in [0.2, 0.25) is 53.2 Å². The lowest BCUT2D eigenvalue weighted by atomic mass is 9.98. The van der Waals surface area contributed by atoms with Crippen LogP contribution in [0.2, 0.25) is 0 Å². The molecule has 0 spiro atoms. The molecule has 1 aliphatic heterocycles. The summed E-state index contributed by atoms with van der Waals surface area (Å²) < 4.78 is 5.65. The van der Waals surface area contributed by atoms with Gasteiger partial charge in [0.15, 0.2) is 0 Å². The molecule has 1 aromatic rings. The summed E-state index contributed by atoms with van der Waals surface area (Å²) in [7, 11) is 1.40. The molecule has 85 heavy (non-hydrogen) atoms. The van der Waals surface area contributed by atoms with E-state index in [1.807, 2.05) is 6.08 Å². The normalized spacial score (nSPS) is 19.3. The first-order valence-electron chi connectivity index (χ1n) is 29.5. The number of aliphatic hydroxyl groups excluding tert-OH is 4. The molecule has 0 unspecified atom stereocenters. The molecule has 1 heterocycles. The number of phenols is 1. The van der Waals surface area contributed by atoms with Gasteiger partial charge in [-0.25, -0.2) is 4.79 Å². The monoisotopic (exact) mass is 1200 g/mol. The van der Waals surface area contributed by atoms with Gasteiger partial charge >= 0.3 is 5.97 Å². The number of aliphatic hydroxyl groups is 4. The first kappa shape index (κ1) is 74.1. The molecule has 25 heteroatoms. The minimum atomic E-state index is -1.75. The number of amides is 9. The summed E-state index contributed by atoms with van der Waals surface area (Å²) in [5, 5.41) is 73.2. The van der Waals surface area contributed by atoms with Gasteiger partial charge in [-0.15, -0.1) is 0 Å². The molecule has 0 aromatic heterocycles. The Morgan fingerprint density at radius 2 is 1.12 bits per heavy atom. The van der Waals surface area contributed by atoms with Crippen LogP contribution in [0.15, 0.2) is 48.6 Å². The maximum absolute atomic E-state index is 13.9. The van der Waals surface area contributed by atoms with E-state index in [0.29, 0.717) is 5.56 Å². The molecular formula is C60H97N9O16. The van der Waals surface area contributed by atoms with Crippen molar-refractivity contribution in [3.8, 4) is 5.75 Å². The fourth-order valence-electron chi connectivity index (χ4n) is 9.02. The van der Waals surface area contributed by atoms with Crippen LogP contribution in [0.25, 0.3) is 0 Å². The van der Waals surface area contributed by atoms with Gasteiger partial charge in [-0.05, 0) is 60.1 Å². The smallest absolute Gasteiger partial charge is 0.329 e. The molecule has 0 saturated heterocycles. The van der Waals surface area contributed by atoms with Crippen LogP contribution in [-0.2, 0) is 59.1 Å². The Labute approximate surface area is 500 Å². The van der Waals surface area contributed by atoms with Crippen molar-refractivity contribution in [3.63, 3.8) is 0 Å². The Balaban J connectivity index is 2.12. The van der Waals surface area contributed by atoms with Crippen LogP contribution in [0, 0.1) is 29.6 Å². The van der Waals surface area contributed by atoms with Crippen molar-refractivity contribution in [1.29, 1.82) is 0 Å². The van der Waals surface area contributed by atoms with Crippen LogP contribution in [0.5, 0.6) is 5.75 Å². The van der Waals surface area contributed by atoms with E-state index in [0.717, 1.165) is 38.2 Å². The summed E-state index contributed by atoms with van der Waals surface area (Å²) in [5.74, 6) is -9.82. The standard InChI is InChI=1S/C60H97N9O16/c1-13-14-15-16-17-18-19-20-46(75)64-52(35(6)7)58(82)68-53(36(8)9)57(81)63-42(31-71)45(74)29-49(78)67-51(34(4)5)56(80)62-41(30-70)44(73)28-48(77)66-50(33(2)3)55(79)61-39-23-26-47(76)65-54(37(10)11)59(83)69(12)43(60(84)85-32-39)27-38-21-24-40(72)25-22-38/h18-19,21-26,33-37,39,41-45,50-54,70-74H,13-17,20,27-32H2,1-12H3,(H,61,79)(H,62,80)(H,63,81)(H,64,75)(H,65,76)(H,66,77)(H,67,78)(H,68,82)/b19-18-,26-23+/t39-,41+,42+,43+,44+,45+,50+,51+,52+,53+,54+/m1/s1. The number of aromatic hydroxyl groups is 1. The lowest BCUT2D eigenvalue weighted by Gasteiger charge is -2.32. The summed E-state index contributed by atoms with van der Waals surface area (Å²) in [6, 6.07) is -5.09. The number of esters is 1. The number of unbranched alkanes of at least 4 members (excludes halogenated alkanes) is 4. The van der Waals surface area contributed by atoms with E-state index in [2.05, 4.69) is 49.5 Å². The highest BCUT2D eigenvalue weighted by molar-refractivity contribution is 5.96. The van der Waals surface area contributed by atoms with Crippen molar-refractivity contribution in [1.82, 2.24) is 47.4 Å². The van der Waals surface area contributed by atoms with Crippen LogP contribution < -0.4 is 42.5 Å². The van der Waals surface area contributed by atoms with E-state index in [1.165, 1.54) is 30.2 Å². The molecular weight excluding hydrogens is 1100 g/mol. The van der Waals surface area contributed by atoms with Gasteiger partial charge in [-0.2, -0.15) is 0 Å². The predicted octanol–water partition coefficient (Wildman–Crippen LogP) is 0.436. The summed E-state index contributed by atoms with van der Waals surface area (Å²) >= 11 is 0. The molecule has 1 aromatic carbocycles. The predicted molar refractivity (Wildman–Crippen MR) is 316 cm³/mol. The summed E-state index contributed by atoms with van der Waals surface area (Å²) in [4.78, 5) is 136. The van der Waals surface area contributed by atoms with Gasteiger partial charge in [0.05, 0.1) is 56.4 Å². The molecule has 0 saturated carbocycles. The van der Waals surface area contributed by atoms with Crippen LogP contribution >= 0.6 is 0 Å². The highest BCUT2D eigenvalue weighted by atomic mass is 16.5. The van der Waals surface area contributed by atoms with E-state index in [1.54, 1.807) is 87.4 Å². The van der Waals surface area contributed by atoms with Crippen molar-refractivity contribution in [2.75, 3.05) is 26.9 Å². The number of ether oxygens (including phenoxy) is 1. The number of cyclic esters (lactones) is 1. The second-order valence-electron chi connectivity index (χ2n) is 23.4. The van der Waals surface area contributed by atoms with E-state index >= 15 is 0 Å². The van der Waals surface area contributed by atoms with Gasteiger partial charge in [0.1, 0.15) is 48.6 Å². The Bertz CT molecular complexity index is 2420. The van der Waals surface area contributed by atoms with Crippen molar-refractivity contribution >= 4 is 59.1 Å². The number of hydrogen-bond donors (Lipinski definition) is 13. The van der Waals surface area contributed by atoms with Gasteiger partial charge in [-0.3, -0.25) is 43.2 Å². The quantitative estimate of drug-likeness (QED) is 0.0258. The number of hydrogen-bond acceptors (Lipinski definition) is 16. The van der Waals surface area contributed by atoms with Crippen LogP contribution in [-0.4, -0.2) is 183 Å². The molecule has 0 fully saturated rings. The minimum Gasteiger partial charge on any atom is -0.508 e. The lowest BCUT2D eigenvalue weighted by Crippen LogP contribution is -2.59. The van der Waals surface area contributed by atoms with Crippen molar-refractivity contribution in [3.05, 3.63) is 54.1 Å². The average Bonchev–Trinajstić information content (AvgIpc) is 3.28. The molecule has 25 nitrogen and oxygen atoms in total. The third-order valence-electron chi connectivity index (χ3n) is 14.4. The maximum Gasteiger partial charge on any atom is 0.329 e. The zero-order chi connectivity index (χ0) is 64.2. The van der Waals surface area contributed by atoms with Gasteiger partial charge < -0.3 is 77.7 Å². The number of benzene rings is 1. The first-order chi connectivity index (χ1) is 39.9. The molecule has 478 valence electrons. The van der Waals surface area contributed by atoms with E-state index < -0.39 is 176 Å². The molecule has 13 N–H and O–H groups in total. The number of allylic oxidation sites excluding steroid dienone is 1. The molecule has 11 atom stereocenters. The summed E-state index contributed by atoms with van der Waals surface area (Å²) in [6.07, 6.45) is 6.33. The van der Waals surface area contributed by atoms with Crippen LogP contribution in [0.4, 0.5) is 0 Å². The average molecular weight is 1200 g/mol. The maximum atomic E-state index is 13.9. The molecule has 0 bridgehead atoms. The fraction of sp³-hybridized carbons (Fsp3) is 0.667. The highest BCUT2D eigenvalue weighted by Crippen LogP contribution is 2.18. The third kappa shape index (κ3) is 25.7. The molecule has 2 rings (SSSR count). The molecule has 0 aliphatic carbocycles. The van der Waals surface area contributed by atoms with E-state index in [-0.39, 0.29) is 30.4 Å². The number of nitrogens with zero attached hydrogens (tertiary/aromatic N) is 1. The SMILES string of the molecule is CCCCCC/C=C\CC(=O)N[C@H](C(=O)N[C@H](C(=O)N[C@@H](CO)[C@@H](O)CC(=O)N[C@H](C(=O)N[C@@H](CO)[C@@H](O)CC(=O)N[C@H](C(=O)N[C@@H]1/C=C/C(=O)N[C@@H](C(C)C)C(=O)N(C)[C@@H](Cc2ccc(O)cc2)C(=O)OC1)C(C)C)C(C)C)C(C)C)C(C)C. The fourth-order valence-corrected chi connectivity index (χ4v) is 9.02. The number of carbonyl (C=O) groups is 10. The number of rotatable bonds is 33. The van der Waals surface area contributed by atoms with Crippen molar-refractivity contribution in [2.45, 2.75) is 201 Å². The summed E-state index contributed by atoms with van der Waals surface area (Å²) in [5.41, 5.74) is 0.585. The largest absolute Gasteiger partial charge is 0.508 e. The topological polar surface area (TPSA) is 381 Å². The van der Waals surface area contributed by atoms with Gasteiger partial charge in [-0.1, -0.05) is 126 Å². The zero-order valence-electron chi connectivity index (χ0n) is 51.5. The Hall–Kier alpha value is -6.96. The number of nitrogens with one attached hydrogen (secondary N) is 8. The van der Waals surface area contributed by atoms with Crippen molar-refractivity contribution in [2.24, 2.45) is 29.6 Å². The van der Waals surface area contributed by atoms with Gasteiger partial charge in [0, 0.05) is 26.0 Å². The minimum absolute atomic E-state index is 0.0124. The third-order valence-corrected chi connectivity index (χ3v) is 14.4. The molecule has 9 amide bonds. The zero-order valence-corrected chi connectivity index (χ0v) is 51.5. The van der Waals surface area contributed by atoms with Crippen molar-refractivity contribution < 1.29 is 78.2 Å². The second-order valence-corrected chi connectivity index (χ2v) is 23.4. The van der Waals surface area contributed by atoms with Crippen LogP contribution in [0.1, 0.15) is 133 Å². The number of carbonyl (C=O) groups excluding carboxylic acids is 10. The molecule has 1 aliphatic rings. The first-order valence-corrected chi connectivity index (χ1v) is 29.5. The van der Waals surface area contributed by atoms with Gasteiger partial charge in [0.25, 0.3) is 0 Å². The Morgan fingerprint density at radius 3 is 1.59 bits per heavy atom. The second kappa shape index (κ2) is 37.5. The summed E-state index contributed by atoms with van der Waals surface area (Å²) in [6.45, 7) is 16.5. The van der Waals surface area contributed by atoms with E-state index in [9.17, 15) is 73.5 Å². The van der Waals surface area contributed by atoms with E-state index in [4.69, 9.17) is 4.74 Å². The lowest BCUT2D eigenvalue weighted by molar-refractivity contribution is -0.156. The number of phenolic OH excluding ortho intramolecular Hbond substituents is 1. The highest BCUT2D eigenvalue weighted by Gasteiger charge is 2.38. The Kier molecular flexibility index (Phi) is 32.7. The number of likely N-dealkylation sites (N-methyl/N-ethyl adjacent to an activating group) is 1. The van der Waals surface area contributed by atoms with Crippen LogP contribution in [0.3, 0.4) is 0 Å².